The Morgan fingerprint density at radius 1 is 1.42 bits per heavy atom. The average molecular weight is 336 g/mol. The third kappa shape index (κ3) is 4.01. The summed E-state index contributed by atoms with van der Waals surface area (Å²) in [6.07, 6.45) is 1.55. The molecule has 128 valence electrons. The lowest BCUT2D eigenvalue weighted by atomic mass is 9.94. The first-order valence-corrected chi connectivity index (χ1v) is 7.70. The van der Waals surface area contributed by atoms with E-state index >= 15 is 0 Å². The topological polar surface area (TPSA) is 79.0 Å². The third-order valence-electron chi connectivity index (χ3n) is 3.85. The number of amides is 2. The number of nitrogens with one attached hydrogen (secondary N) is 3. The van der Waals surface area contributed by atoms with Crippen molar-refractivity contribution in [2.24, 2.45) is 0 Å². The van der Waals surface area contributed by atoms with Gasteiger partial charge in [0.25, 0.3) is 6.43 Å². The largest absolute Gasteiger partial charge is 0.485 e. The predicted octanol–water partition coefficient (Wildman–Crippen LogP) is 2.73. The second kappa shape index (κ2) is 7.29. The molecule has 2 aromatic rings. The summed E-state index contributed by atoms with van der Waals surface area (Å²) in [5, 5.41) is 12.5. The summed E-state index contributed by atoms with van der Waals surface area (Å²) in [5.74, 6) is 0.216. The van der Waals surface area contributed by atoms with Crippen LogP contribution in [0, 0.1) is 0 Å². The molecule has 1 unspecified atom stereocenters. The highest BCUT2D eigenvalue weighted by Crippen LogP contribution is 2.24. The summed E-state index contributed by atoms with van der Waals surface area (Å²) in [6.45, 7) is -0.716. The smallest absolute Gasteiger partial charge is 0.319 e. The number of aryl methyl sites for hydroxylation is 1. The normalized spacial score (nSPS) is 16.5. The van der Waals surface area contributed by atoms with Crippen molar-refractivity contribution in [3.8, 4) is 5.75 Å². The second-order valence-electron chi connectivity index (χ2n) is 5.61. The van der Waals surface area contributed by atoms with Crippen molar-refractivity contribution in [1.82, 2.24) is 15.5 Å². The molecule has 0 saturated heterocycles. The molecule has 0 spiro atoms. The van der Waals surface area contributed by atoms with Gasteiger partial charge in [-0.15, -0.1) is 0 Å². The van der Waals surface area contributed by atoms with Crippen LogP contribution in [0.15, 0.2) is 30.5 Å². The summed E-state index contributed by atoms with van der Waals surface area (Å²) in [5.41, 5.74) is 2.57. The number of anilines is 1. The van der Waals surface area contributed by atoms with E-state index in [2.05, 4.69) is 20.8 Å². The Hall–Kier alpha value is -2.64. The number of aromatic nitrogens is 2. The maximum Gasteiger partial charge on any atom is 0.319 e. The molecule has 1 aromatic heterocycles. The quantitative estimate of drug-likeness (QED) is 0.785. The number of carbonyl (C=O) groups excluding carboxylic acids is 1. The first-order valence-electron chi connectivity index (χ1n) is 7.70. The van der Waals surface area contributed by atoms with Crippen LogP contribution in [0.4, 0.5) is 19.3 Å². The molecule has 8 heteroatoms. The number of benzene rings is 1. The third-order valence-corrected chi connectivity index (χ3v) is 3.85. The summed E-state index contributed by atoms with van der Waals surface area (Å²) < 4.78 is 29.6. The van der Waals surface area contributed by atoms with Crippen LogP contribution in [-0.4, -0.2) is 35.3 Å². The van der Waals surface area contributed by atoms with E-state index in [4.69, 9.17) is 4.74 Å². The number of hydrogen-bond acceptors (Lipinski definition) is 3. The molecule has 0 aliphatic heterocycles. The van der Waals surface area contributed by atoms with E-state index in [0.717, 1.165) is 24.1 Å². The maximum absolute atomic E-state index is 12.3. The van der Waals surface area contributed by atoms with Gasteiger partial charge < -0.3 is 15.4 Å². The highest BCUT2D eigenvalue weighted by atomic mass is 19.3. The zero-order chi connectivity index (χ0) is 16.9. The molecule has 0 fully saturated rings. The van der Waals surface area contributed by atoms with Gasteiger partial charge in [-0.2, -0.15) is 5.10 Å². The molecule has 0 bridgehead atoms. The van der Waals surface area contributed by atoms with E-state index in [9.17, 15) is 13.6 Å². The first kappa shape index (κ1) is 16.2. The zero-order valence-electron chi connectivity index (χ0n) is 12.9. The van der Waals surface area contributed by atoms with Gasteiger partial charge in [-0.25, -0.2) is 13.6 Å². The number of hydrogen-bond donors (Lipinski definition) is 3. The van der Waals surface area contributed by atoms with E-state index < -0.39 is 13.0 Å². The lowest BCUT2D eigenvalue weighted by Crippen LogP contribution is -2.41. The van der Waals surface area contributed by atoms with E-state index in [1.54, 1.807) is 24.4 Å². The highest BCUT2D eigenvalue weighted by molar-refractivity contribution is 5.91. The zero-order valence-corrected chi connectivity index (χ0v) is 12.9. The molecule has 6 nitrogen and oxygen atoms in total. The van der Waals surface area contributed by atoms with Gasteiger partial charge in [0.2, 0.25) is 0 Å². The standard InChI is InChI=1S/C16H18F2N4O2/c17-15(18)9-24-14-4-2-1-3-13(14)21-16(23)20-11-5-6-12-10(7-11)8-19-22-12/h1-4,8,11,15H,5-7,9H2,(H,19,22)(H2,20,21,23). The minimum Gasteiger partial charge on any atom is -0.485 e. The Balaban J connectivity index is 1.57. The van der Waals surface area contributed by atoms with E-state index in [1.165, 1.54) is 6.07 Å². The van der Waals surface area contributed by atoms with Crippen molar-refractivity contribution in [2.45, 2.75) is 31.7 Å². The molecular weight excluding hydrogens is 318 g/mol. The van der Waals surface area contributed by atoms with Gasteiger partial charge in [0.1, 0.15) is 12.4 Å². The number of ether oxygens (including phenoxy) is 1. The summed E-state index contributed by atoms with van der Waals surface area (Å²) in [4.78, 5) is 12.2. The van der Waals surface area contributed by atoms with Crippen molar-refractivity contribution < 1.29 is 18.3 Å². The van der Waals surface area contributed by atoms with Crippen molar-refractivity contribution in [1.29, 1.82) is 0 Å². The number of alkyl halides is 2. The SMILES string of the molecule is O=C(Nc1ccccc1OCC(F)F)NC1CCc2[nH]ncc2C1. The number of rotatable bonds is 5. The predicted molar refractivity (Wildman–Crippen MR) is 84.5 cm³/mol. The van der Waals surface area contributed by atoms with Crippen molar-refractivity contribution >= 4 is 11.7 Å². The number of H-pyrrole nitrogens is 1. The molecule has 1 aliphatic carbocycles. The first-order chi connectivity index (χ1) is 11.6. The molecule has 2 amide bonds. The Bertz CT molecular complexity index is 705. The Morgan fingerprint density at radius 3 is 3.08 bits per heavy atom. The van der Waals surface area contributed by atoms with Gasteiger partial charge in [-0.3, -0.25) is 5.10 Å². The van der Waals surface area contributed by atoms with Gasteiger partial charge in [0, 0.05) is 11.7 Å². The molecule has 0 radical (unpaired) electrons. The van der Waals surface area contributed by atoms with E-state index in [-0.39, 0.29) is 17.8 Å². The van der Waals surface area contributed by atoms with Crippen LogP contribution in [-0.2, 0) is 12.8 Å². The van der Waals surface area contributed by atoms with Crippen molar-refractivity contribution in [3.05, 3.63) is 41.7 Å². The molecule has 1 heterocycles. The fourth-order valence-corrected chi connectivity index (χ4v) is 2.73. The molecule has 3 rings (SSSR count). The van der Waals surface area contributed by atoms with Crippen molar-refractivity contribution in [2.75, 3.05) is 11.9 Å². The number of aromatic amines is 1. The van der Waals surface area contributed by atoms with E-state index in [1.807, 2.05) is 0 Å². The maximum atomic E-state index is 12.3. The van der Waals surface area contributed by atoms with Crippen LogP contribution in [0.5, 0.6) is 5.75 Å². The number of para-hydroxylation sites is 2. The minimum absolute atomic E-state index is 0.00393. The van der Waals surface area contributed by atoms with Gasteiger partial charge in [0.15, 0.2) is 0 Å². The van der Waals surface area contributed by atoms with Crippen LogP contribution < -0.4 is 15.4 Å². The van der Waals surface area contributed by atoms with Crippen LogP contribution in [0.2, 0.25) is 0 Å². The molecule has 1 atom stereocenters. The average Bonchev–Trinajstić information content (AvgIpc) is 3.01. The van der Waals surface area contributed by atoms with Gasteiger partial charge in [-0.05, 0) is 37.0 Å². The summed E-state index contributed by atoms with van der Waals surface area (Å²) >= 11 is 0. The van der Waals surface area contributed by atoms with E-state index in [0.29, 0.717) is 12.1 Å². The monoisotopic (exact) mass is 336 g/mol. The number of halogens is 2. The number of carbonyl (C=O) groups is 1. The Kier molecular flexibility index (Phi) is 4.93. The number of nitrogens with zero attached hydrogens (tertiary/aromatic N) is 1. The van der Waals surface area contributed by atoms with Crippen LogP contribution in [0.25, 0.3) is 0 Å². The van der Waals surface area contributed by atoms with Crippen LogP contribution in [0.1, 0.15) is 17.7 Å². The summed E-state index contributed by atoms with van der Waals surface area (Å²) in [7, 11) is 0. The summed E-state index contributed by atoms with van der Waals surface area (Å²) in [6, 6.07) is 6.12. The van der Waals surface area contributed by atoms with Crippen LogP contribution >= 0.6 is 0 Å². The molecule has 24 heavy (non-hydrogen) atoms. The van der Waals surface area contributed by atoms with Gasteiger partial charge in [-0.1, -0.05) is 12.1 Å². The lowest BCUT2D eigenvalue weighted by molar-refractivity contribution is 0.0823. The van der Waals surface area contributed by atoms with Gasteiger partial charge >= 0.3 is 6.03 Å². The number of fused-ring (bicyclic) bond motifs is 1. The second-order valence-corrected chi connectivity index (χ2v) is 5.61. The highest BCUT2D eigenvalue weighted by Gasteiger charge is 2.21. The molecule has 0 saturated carbocycles. The minimum atomic E-state index is -2.57. The Labute approximate surface area is 137 Å². The lowest BCUT2D eigenvalue weighted by Gasteiger charge is -2.23. The molecule has 1 aromatic carbocycles. The van der Waals surface area contributed by atoms with Crippen molar-refractivity contribution in [3.63, 3.8) is 0 Å². The fourth-order valence-electron chi connectivity index (χ4n) is 2.73. The molecular formula is C16H18F2N4O2. The Morgan fingerprint density at radius 2 is 2.25 bits per heavy atom. The molecule has 3 N–H and O–H groups in total. The van der Waals surface area contributed by atoms with Crippen LogP contribution in [0.3, 0.4) is 0 Å². The fraction of sp³-hybridized carbons (Fsp3) is 0.375. The molecule has 1 aliphatic rings. The number of urea groups is 1. The van der Waals surface area contributed by atoms with Gasteiger partial charge in [0.05, 0.1) is 11.9 Å².